The average molecular weight is 358 g/mol. The predicted molar refractivity (Wildman–Crippen MR) is 104 cm³/mol. The van der Waals surface area contributed by atoms with Crippen LogP contribution in [-0.4, -0.2) is 11.8 Å². The van der Waals surface area contributed by atoms with Gasteiger partial charge in [-0.05, 0) is 31.2 Å². The lowest BCUT2D eigenvalue weighted by molar-refractivity contribution is -0.361. The number of hydrogen-bond donors (Lipinski definition) is 2. The molecule has 2 aromatic carbocycles. The van der Waals surface area contributed by atoms with Gasteiger partial charge in [0.25, 0.3) is 5.82 Å². The molecule has 3 heterocycles. The first-order chi connectivity index (χ1) is 13.3. The molecule has 134 valence electrons. The second kappa shape index (κ2) is 6.36. The van der Waals surface area contributed by atoms with Crippen molar-refractivity contribution in [3.05, 3.63) is 83.7 Å². The Hall–Kier alpha value is -3.47. The summed E-state index contributed by atoms with van der Waals surface area (Å²) in [7, 11) is 0. The number of ether oxygens (including phenoxy) is 2. The molecule has 0 saturated carbocycles. The number of para-hydroxylation sites is 1. The Kier molecular flexibility index (Phi) is 3.71. The van der Waals surface area contributed by atoms with E-state index in [0.29, 0.717) is 0 Å². The zero-order valence-corrected chi connectivity index (χ0v) is 15.0. The summed E-state index contributed by atoms with van der Waals surface area (Å²) in [6.45, 7) is 2.39. The maximum Gasteiger partial charge on any atom is 0.272 e. The number of pyridine rings is 1. The lowest BCUT2D eigenvalue weighted by Gasteiger charge is -2.16. The van der Waals surface area contributed by atoms with E-state index >= 15 is 0 Å². The Bertz CT molecular complexity index is 1110. The molecular formula is C22H20N3O2+. The van der Waals surface area contributed by atoms with Crippen molar-refractivity contribution >= 4 is 16.7 Å². The third kappa shape index (κ3) is 2.77. The van der Waals surface area contributed by atoms with Crippen molar-refractivity contribution in [2.45, 2.75) is 13.0 Å². The van der Waals surface area contributed by atoms with Gasteiger partial charge in [-0.1, -0.05) is 30.3 Å². The van der Waals surface area contributed by atoms with Crippen LogP contribution in [0.2, 0.25) is 0 Å². The van der Waals surface area contributed by atoms with Crippen LogP contribution in [0.3, 0.4) is 0 Å². The largest absolute Gasteiger partial charge is 0.454 e. The number of nitrogens with one attached hydrogen (secondary N) is 3. The number of rotatable bonds is 4. The minimum absolute atomic E-state index is 0.0469. The zero-order chi connectivity index (χ0) is 18.2. The Morgan fingerprint density at radius 2 is 1.85 bits per heavy atom. The summed E-state index contributed by atoms with van der Waals surface area (Å²) >= 11 is 0. The van der Waals surface area contributed by atoms with Crippen molar-refractivity contribution in [2.75, 3.05) is 12.1 Å². The van der Waals surface area contributed by atoms with Crippen molar-refractivity contribution in [1.82, 2.24) is 4.98 Å². The monoisotopic (exact) mass is 358 g/mol. The van der Waals surface area contributed by atoms with Crippen LogP contribution in [-0.2, 0) is 0 Å². The molecular weight excluding hydrogens is 338 g/mol. The summed E-state index contributed by atoms with van der Waals surface area (Å²) in [5.41, 5.74) is 4.61. The summed E-state index contributed by atoms with van der Waals surface area (Å²) in [4.78, 5) is 6.78. The molecule has 5 heteroatoms. The first kappa shape index (κ1) is 15.8. The van der Waals surface area contributed by atoms with Gasteiger partial charge in [-0.25, -0.2) is 4.98 Å². The number of hydrogen-bond acceptors (Lipinski definition) is 3. The summed E-state index contributed by atoms with van der Waals surface area (Å²) in [5.74, 6) is 2.53. The lowest BCUT2D eigenvalue weighted by Crippen LogP contribution is -2.19. The van der Waals surface area contributed by atoms with Gasteiger partial charge >= 0.3 is 0 Å². The van der Waals surface area contributed by atoms with Gasteiger partial charge in [0.05, 0.1) is 6.20 Å². The number of anilines is 1. The smallest absolute Gasteiger partial charge is 0.272 e. The molecule has 1 aliphatic rings. The Morgan fingerprint density at radius 1 is 1.00 bits per heavy atom. The molecule has 3 N–H and O–H groups in total. The molecule has 5 nitrogen and oxygen atoms in total. The normalized spacial score (nSPS) is 13.7. The van der Waals surface area contributed by atoms with E-state index < -0.39 is 0 Å². The Balaban J connectivity index is 1.67. The molecule has 1 aliphatic heterocycles. The van der Waals surface area contributed by atoms with E-state index in [2.05, 4.69) is 58.6 Å². The van der Waals surface area contributed by atoms with Crippen molar-refractivity contribution in [1.29, 1.82) is 0 Å². The lowest BCUT2D eigenvalue weighted by atomic mass is 9.95. The molecule has 0 amide bonds. The van der Waals surface area contributed by atoms with Crippen LogP contribution < -0.4 is 19.8 Å². The molecule has 5 rings (SSSR count). The van der Waals surface area contributed by atoms with Crippen LogP contribution in [0.15, 0.2) is 66.9 Å². The van der Waals surface area contributed by atoms with Gasteiger partial charge in [0, 0.05) is 33.8 Å². The van der Waals surface area contributed by atoms with Crippen molar-refractivity contribution in [2.24, 2.45) is 0 Å². The molecule has 0 aliphatic carbocycles. The molecule has 27 heavy (non-hydrogen) atoms. The van der Waals surface area contributed by atoms with E-state index in [1.165, 1.54) is 10.9 Å². The fraction of sp³-hybridized carbons (Fsp3) is 0.136. The first-order valence-corrected chi connectivity index (χ1v) is 8.99. The number of fused-ring (bicyclic) bond motifs is 2. The minimum atomic E-state index is -0.0469. The number of aromatic amines is 2. The molecule has 0 bridgehead atoms. The summed E-state index contributed by atoms with van der Waals surface area (Å²) < 4.78 is 11.1. The SMILES string of the molecule is Cc1[nH]c2ccccc2c1C(Nc1cccc[nH+]1)c1ccc2c(c1)OCO2. The fourth-order valence-corrected chi connectivity index (χ4v) is 3.72. The molecule has 0 fully saturated rings. The van der Waals surface area contributed by atoms with Gasteiger partial charge < -0.3 is 14.5 Å². The average Bonchev–Trinajstić information content (AvgIpc) is 3.30. The van der Waals surface area contributed by atoms with Crippen LogP contribution in [0, 0.1) is 6.92 Å². The Morgan fingerprint density at radius 3 is 2.74 bits per heavy atom. The second-order valence-electron chi connectivity index (χ2n) is 6.68. The van der Waals surface area contributed by atoms with Gasteiger partial charge in [0.2, 0.25) is 6.79 Å². The summed E-state index contributed by atoms with van der Waals surface area (Å²) in [6.07, 6.45) is 1.92. The summed E-state index contributed by atoms with van der Waals surface area (Å²) in [5, 5.41) is 4.86. The minimum Gasteiger partial charge on any atom is -0.454 e. The molecule has 0 saturated heterocycles. The van der Waals surface area contributed by atoms with Gasteiger partial charge in [-0.3, -0.25) is 5.32 Å². The predicted octanol–water partition coefficient (Wildman–Crippen LogP) is 4.22. The molecule has 4 aromatic rings. The van der Waals surface area contributed by atoms with Crippen LogP contribution in [0.4, 0.5) is 5.82 Å². The fourth-order valence-electron chi connectivity index (χ4n) is 3.72. The van der Waals surface area contributed by atoms with E-state index in [1.54, 1.807) is 0 Å². The van der Waals surface area contributed by atoms with Gasteiger partial charge in [-0.15, -0.1) is 0 Å². The highest BCUT2D eigenvalue weighted by molar-refractivity contribution is 5.86. The number of aromatic nitrogens is 2. The number of benzene rings is 2. The molecule has 1 atom stereocenters. The zero-order valence-electron chi connectivity index (χ0n) is 15.0. The van der Waals surface area contributed by atoms with Crippen molar-refractivity contribution in [3.8, 4) is 11.5 Å². The highest BCUT2D eigenvalue weighted by Crippen LogP contribution is 2.39. The van der Waals surface area contributed by atoms with Crippen LogP contribution in [0.5, 0.6) is 11.5 Å². The standard InChI is InChI=1S/C22H19N3O2/c1-14-21(16-6-2-3-7-17(16)24-14)22(25-20-8-4-5-11-23-20)15-9-10-18-19(12-15)27-13-26-18/h2-12,22,24H,13H2,1H3,(H,23,25)/p+1. The van der Waals surface area contributed by atoms with Crippen molar-refractivity contribution < 1.29 is 14.5 Å². The number of aryl methyl sites for hydroxylation is 1. The van der Waals surface area contributed by atoms with Crippen LogP contribution in [0.1, 0.15) is 22.9 Å². The number of H-pyrrole nitrogens is 2. The van der Waals surface area contributed by atoms with E-state index in [-0.39, 0.29) is 12.8 Å². The molecule has 0 radical (unpaired) electrons. The molecule has 1 unspecified atom stereocenters. The highest BCUT2D eigenvalue weighted by atomic mass is 16.7. The van der Waals surface area contributed by atoms with Gasteiger partial charge in [-0.2, -0.15) is 0 Å². The molecule has 0 spiro atoms. The third-order valence-corrected chi connectivity index (χ3v) is 4.97. The Labute approximate surface area is 157 Å². The maximum atomic E-state index is 5.61. The highest BCUT2D eigenvalue weighted by Gasteiger charge is 2.27. The van der Waals surface area contributed by atoms with E-state index in [1.807, 2.05) is 30.5 Å². The quantitative estimate of drug-likeness (QED) is 0.574. The van der Waals surface area contributed by atoms with E-state index in [9.17, 15) is 0 Å². The third-order valence-electron chi connectivity index (χ3n) is 4.97. The van der Waals surface area contributed by atoms with E-state index in [4.69, 9.17) is 9.47 Å². The van der Waals surface area contributed by atoms with Gasteiger partial charge in [0.15, 0.2) is 11.5 Å². The van der Waals surface area contributed by atoms with E-state index in [0.717, 1.165) is 34.1 Å². The summed E-state index contributed by atoms with van der Waals surface area (Å²) in [6, 6.07) is 20.5. The van der Waals surface area contributed by atoms with Gasteiger partial charge in [0.1, 0.15) is 6.04 Å². The van der Waals surface area contributed by atoms with Crippen molar-refractivity contribution in [3.63, 3.8) is 0 Å². The second-order valence-corrected chi connectivity index (χ2v) is 6.68. The van der Waals surface area contributed by atoms with Crippen LogP contribution >= 0.6 is 0 Å². The maximum absolute atomic E-state index is 5.61. The topological polar surface area (TPSA) is 60.4 Å². The first-order valence-electron chi connectivity index (χ1n) is 8.99. The molecule has 2 aromatic heterocycles. The van der Waals surface area contributed by atoms with Crippen LogP contribution in [0.25, 0.3) is 10.9 Å².